The first-order valence-corrected chi connectivity index (χ1v) is 6.87. The number of nitrogens with two attached hydrogens (primary N) is 1. The van der Waals surface area contributed by atoms with Crippen LogP contribution in [0.25, 0.3) is 0 Å². The molecule has 0 saturated heterocycles. The number of anilines is 1. The summed E-state index contributed by atoms with van der Waals surface area (Å²) in [6, 6.07) is 10.1. The molecule has 0 saturated carbocycles. The second kappa shape index (κ2) is 6.44. The maximum absolute atomic E-state index is 13.1. The van der Waals surface area contributed by atoms with Gasteiger partial charge in [-0.25, -0.2) is 4.39 Å². The van der Waals surface area contributed by atoms with Gasteiger partial charge in [0, 0.05) is 13.1 Å². The van der Waals surface area contributed by atoms with Crippen molar-refractivity contribution in [2.24, 2.45) is 0 Å². The zero-order valence-corrected chi connectivity index (χ0v) is 12.5. The average molecular weight is 313 g/mol. The highest BCUT2D eigenvalue weighted by atomic mass is 35.5. The van der Waals surface area contributed by atoms with Crippen molar-refractivity contribution in [1.29, 1.82) is 0 Å². The van der Waals surface area contributed by atoms with Crippen LogP contribution in [0.4, 0.5) is 10.1 Å². The van der Waals surface area contributed by atoms with E-state index in [2.05, 4.69) is 0 Å². The number of nitrogens with zero attached hydrogens (tertiary/aromatic N) is 1. The summed E-state index contributed by atoms with van der Waals surface area (Å²) in [5, 5.41) is 0.901. The number of hydrogen-bond donors (Lipinski definition) is 1. The summed E-state index contributed by atoms with van der Waals surface area (Å²) >= 11 is 12.0. The lowest BCUT2D eigenvalue weighted by molar-refractivity contribution is 0.318. The average Bonchev–Trinajstić information content (AvgIpc) is 2.35. The molecule has 106 valence electrons. The molecule has 5 heteroatoms. The molecule has 2 rings (SSSR count). The van der Waals surface area contributed by atoms with Crippen molar-refractivity contribution in [2.45, 2.75) is 13.1 Å². The Morgan fingerprint density at radius 2 is 1.65 bits per heavy atom. The molecule has 0 aromatic heterocycles. The number of benzene rings is 2. The normalized spacial score (nSPS) is 11.1. The van der Waals surface area contributed by atoms with Crippen LogP contribution in [0.3, 0.4) is 0 Å². The van der Waals surface area contributed by atoms with Crippen molar-refractivity contribution in [3.63, 3.8) is 0 Å². The summed E-state index contributed by atoms with van der Waals surface area (Å²) in [4.78, 5) is 2.05. The lowest BCUT2D eigenvalue weighted by Gasteiger charge is -2.17. The van der Waals surface area contributed by atoms with Crippen LogP contribution >= 0.6 is 23.2 Å². The van der Waals surface area contributed by atoms with E-state index in [1.54, 1.807) is 18.2 Å². The molecular weight excluding hydrogens is 298 g/mol. The van der Waals surface area contributed by atoms with Crippen LogP contribution < -0.4 is 5.73 Å². The number of nitrogen functional groups attached to an aromatic ring is 1. The molecule has 20 heavy (non-hydrogen) atoms. The Morgan fingerprint density at radius 3 is 2.25 bits per heavy atom. The molecule has 0 aliphatic heterocycles. The molecule has 0 unspecified atom stereocenters. The Kier molecular flexibility index (Phi) is 4.86. The fourth-order valence-electron chi connectivity index (χ4n) is 2.04. The first kappa shape index (κ1) is 15.1. The molecule has 2 nitrogen and oxygen atoms in total. The Morgan fingerprint density at radius 1 is 1.05 bits per heavy atom. The second-order valence-electron chi connectivity index (χ2n) is 4.78. The monoisotopic (exact) mass is 312 g/mol. The zero-order valence-electron chi connectivity index (χ0n) is 11.0. The van der Waals surface area contributed by atoms with Gasteiger partial charge in [-0.05, 0) is 42.4 Å². The molecule has 0 aliphatic rings. The van der Waals surface area contributed by atoms with Crippen molar-refractivity contribution in [3.05, 3.63) is 63.4 Å². The van der Waals surface area contributed by atoms with Crippen LogP contribution in [0.15, 0.2) is 36.4 Å². The first-order valence-electron chi connectivity index (χ1n) is 6.12. The standard InChI is InChI=1S/C15H15Cl2FN2/c1-20(8-10-3-2-4-12(18)5-10)9-11-6-13(16)15(19)14(17)7-11/h2-7H,8-9,19H2,1H3. The molecule has 0 radical (unpaired) electrons. The summed E-state index contributed by atoms with van der Waals surface area (Å²) in [7, 11) is 1.95. The van der Waals surface area contributed by atoms with E-state index < -0.39 is 0 Å². The molecule has 0 amide bonds. The van der Waals surface area contributed by atoms with E-state index in [0.29, 0.717) is 28.8 Å². The van der Waals surface area contributed by atoms with Crippen molar-refractivity contribution in [3.8, 4) is 0 Å². The molecule has 0 bridgehead atoms. The van der Waals surface area contributed by atoms with Crippen molar-refractivity contribution in [2.75, 3.05) is 12.8 Å². The first-order chi connectivity index (χ1) is 9.45. The maximum Gasteiger partial charge on any atom is 0.123 e. The lowest BCUT2D eigenvalue weighted by atomic mass is 10.1. The SMILES string of the molecule is CN(Cc1cccc(F)c1)Cc1cc(Cl)c(N)c(Cl)c1. The van der Waals surface area contributed by atoms with Gasteiger partial charge in [0.1, 0.15) is 5.82 Å². The fourth-order valence-corrected chi connectivity index (χ4v) is 2.57. The molecule has 0 aliphatic carbocycles. The van der Waals surface area contributed by atoms with Gasteiger partial charge in [-0.1, -0.05) is 35.3 Å². The predicted molar refractivity (Wildman–Crippen MR) is 82.4 cm³/mol. The number of halogens is 3. The number of rotatable bonds is 4. The quantitative estimate of drug-likeness (QED) is 0.851. The van der Waals surface area contributed by atoms with E-state index in [0.717, 1.165) is 11.1 Å². The highest BCUT2D eigenvalue weighted by Crippen LogP contribution is 2.29. The van der Waals surface area contributed by atoms with Gasteiger partial charge in [0.25, 0.3) is 0 Å². The third kappa shape index (κ3) is 3.85. The van der Waals surface area contributed by atoms with Gasteiger partial charge in [0.2, 0.25) is 0 Å². The summed E-state index contributed by atoms with van der Waals surface area (Å²) in [5.74, 6) is -0.227. The smallest absolute Gasteiger partial charge is 0.123 e. The van der Waals surface area contributed by atoms with Crippen LogP contribution in [0.5, 0.6) is 0 Å². The summed E-state index contributed by atoms with van der Waals surface area (Å²) in [6.07, 6.45) is 0. The topological polar surface area (TPSA) is 29.3 Å². The summed E-state index contributed by atoms with van der Waals surface area (Å²) in [6.45, 7) is 1.29. The van der Waals surface area contributed by atoms with Crippen LogP contribution in [0.2, 0.25) is 10.0 Å². The van der Waals surface area contributed by atoms with Gasteiger partial charge in [0.15, 0.2) is 0 Å². The Labute approximate surface area is 127 Å². The van der Waals surface area contributed by atoms with E-state index in [9.17, 15) is 4.39 Å². The molecule has 0 spiro atoms. The molecule has 0 fully saturated rings. The van der Waals surface area contributed by atoms with Crippen molar-refractivity contribution in [1.82, 2.24) is 4.90 Å². The Balaban J connectivity index is 2.06. The zero-order chi connectivity index (χ0) is 14.7. The minimum atomic E-state index is -0.227. The molecule has 2 aromatic rings. The van der Waals surface area contributed by atoms with Crippen molar-refractivity contribution < 1.29 is 4.39 Å². The van der Waals surface area contributed by atoms with Crippen LogP contribution in [-0.4, -0.2) is 11.9 Å². The van der Waals surface area contributed by atoms with E-state index in [4.69, 9.17) is 28.9 Å². The Bertz CT molecular complexity index is 594. The minimum absolute atomic E-state index is 0.227. The minimum Gasteiger partial charge on any atom is -0.396 e. The fraction of sp³-hybridized carbons (Fsp3) is 0.200. The molecular formula is C15H15Cl2FN2. The van der Waals surface area contributed by atoms with E-state index >= 15 is 0 Å². The van der Waals surface area contributed by atoms with E-state index in [1.807, 2.05) is 18.0 Å². The van der Waals surface area contributed by atoms with Gasteiger partial charge < -0.3 is 5.73 Å². The van der Waals surface area contributed by atoms with Crippen molar-refractivity contribution >= 4 is 28.9 Å². The highest BCUT2D eigenvalue weighted by molar-refractivity contribution is 6.38. The third-order valence-electron chi connectivity index (χ3n) is 2.93. The predicted octanol–water partition coefficient (Wildman–Crippen LogP) is 4.35. The lowest BCUT2D eigenvalue weighted by Crippen LogP contribution is -2.17. The van der Waals surface area contributed by atoms with E-state index in [-0.39, 0.29) is 5.82 Å². The summed E-state index contributed by atoms with van der Waals surface area (Å²) in [5.41, 5.74) is 7.98. The molecule has 0 atom stereocenters. The van der Waals surface area contributed by atoms with Crippen LogP contribution in [0.1, 0.15) is 11.1 Å². The van der Waals surface area contributed by atoms with Gasteiger partial charge in [-0.3, -0.25) is 4.90 Å². The highest BCUT2D eigenvalue weighted by Gasteiger charge is 2.08. The Hall–Kier alpha value is -1.29. The molecule has 0 heterocycles. The summed E-state index contributed by atoms with van der Waals surface area (Å²) < 4.78 is 13.1. The molecule has 2 aromatic carbocycles. The largest absolute Gasteiger partial charge is 0.396 e. The second-order valence-corrected chi connectivity index (χ2v) is 5.59. The van der Waals surface area contributed by atoms with Gasteiger partial charge in [-0.2, -0.15) is 0 Å². The van der Waals surface area contributed by atoms with Gasteiger partial charge in [-0.15, -0.1) is 0 Å². The number of hydrogen-bond acceptors (Lipinski definition) is 2. The van der Waals surface area contributed by atoms with Crippen LogP contribution in [-0.2, 0) is 13.1 Å². The third-order valence-corrected chi connectivity index (χ3v) is 3.56. The van der Waals surface area contributed by atoms with Gasteiger partial charge in [0.05, 0.1) is 15.7 Å². The maximum atomic E-state index is 13.1. The van der Waals surface area contributed by atoms with Gasteiger partial charge >= 0.3 is 0 Å². The van der Waals surface area contributed by atoms with E-state index in [1.165, 1.54) is 12.1 Å². The van der Waals surface area contributed by atoms with Crippen LogP contribution in [0, 0.1) is 5.82 Å². The molecule has 2 N–H and O–H groups in total.